The Kier molecular flexibility index (Phi) is 4.15. The number of nitrogens with zero attached hydrogens (tertiary/aromatic N) is 1. The number of ether oxygens (including phenoxy) is 1. The van der Waals surface area contributed by atoms with Crippen LogP contribution >= 0.6 is 0 Å². The second-order valence-corrected chi connectivity index (χ2v) is 4.62. The van der Waals surface area contributed by atoms with E-state index in [1.807, 2.05) is 4.90 Å². The van der Waals surface area contributed by atoms with E-state index in [4.69, 9.17) is 4.74 Å². The molecule has 2 fully saturated rings. The van der Waals surface area contributed by atoms with Gasteiger partial charge in [-0.1, -0.05) is 0 Å². The van der Waals surface area contributed by atoms with E-state index < -0.39 is 0 Å². The van der Waals surface area contributed by atoms with E-state index in [1.54, 1.807) is 0 Å². The third-order valence-electron chi connectivity index (χ3n) is 3.17. The number of nitrogens with one attached hydrogen (secondary N) is 1. The predicted molar refractivity (Wildman–Crippen MR) is 59.0 cm³/mol. The highest BCUT2D eigenvalue weighted by Gasteiger charge is 2.22. The van der Waals surface area contributed by atoms with E-state index in [9.17, 15) is 9.90 Å². The summed E-state index contributed by atoms with van der Waals surface area (Å²) in [6, 6.07) is 0. The molecule has 0 aromatic carbocycles. The molecule has 1 amide bonds. The maximum absolute atomic E-state index is 11.6. The van der Waals surface area contributed by atoms with Crippen molar-refractivity contribution in [2.24, 2.45) is 0 Å². The summed E-state index contributed by atoms with van der Waals surface area (Å²) < 4.78 is 5.42. The van der Waals surface area contributed by atoms with Gasteiger partial charge in [0.1, 0.15) is 0 Å². The van der Waals surface area contributed by atoms with Crippen LogP contribution in [0.15, 0.2) is 0 Å². The van der Waals surface area contributed by atoms with E-state index in [1.165, 1.54) is 0 Å². The molecule has 5 heteroatoms. The largest absolute Gasteiger partial charge is 0.392 e. The first-order chi connectivity index (χ1) is 7.74. The summed E-state index contributed by atoms with van der Waals surface area (Å²) in [6.45, 7) is 3.26. The number of aliphatic hydroxyl groups is 1. The van der Waals surface area contributed by atoms with E-state index in [-0.39, 0.29) is 18.1 Å². The number of β-amino-alcohol motifs (C(OH)–C–C–N with tert-alkyl or cyclic N) is 1. The van der Waals surface area contributed by atoms with Gasteiger partial charge in [0, 0.05) is 26.2 Å². The van der Waals surface area contributed by atoms with Gasteiger partial charge in [0.25, 0.3) is 0 Å². The average molecular weight is 228 g/mol. The van der Waals surface area contributed by atoms with Gasteiger partial charge < -0.3 is 15.2 Å². The summed E-state index contributed by atoms with van der Waals surface area (Å²) >= 11 is 0. The Balaban J connectivity index is 1.60. The number of carbonyl (C=O) groups excluding carboxylic acids is 1. The molecule has 0 aromatic heterocycles. The minimum Gasteiger partial charge on any atom is -0.392 e. The summed E-state index contributed by atoms with van der Waals surface area (Å²) in [5.74, 6) is 0.0320. The zero-order valence-corrected chi connectivity index (χ0v) is 9.52. The molecule has 92 valence electrons. The molecule has 0 bridgehead atoms. The molecule has 2 N–H and O–H groups in total. The van der Waals surface area contributed by atoms with Crippen LogP contribution in [0.3, 0.4) is 0 Å². The van der Waals surface area contributed by atoms with Gasteiger partial charge in [0.05, 0.1) is 18.8 Å². The average Bonchev–Trinajstić information content (AvgIpc) is 2.87. The van der Waals surface area contributed by atoms with Crippen molar-refractivity contribution in [2.45, 2.75) is 31.5 Å². The second-order valence-electron chi connectivity index (χ2n) is 4.62. The number of amides is 1. The Morgan fingerprint density at radius 1 is 1.50 bits per heavy atom. The lowest BCUT2D eigenvalue weighted by molar-refractivity contribution is -0.122. The van der Waals surface area contributed by atoms with E-state index in [0.29, 0.717) is 19.6 Å². The standard InChI is InChI=1S/C11H20N2O3/c14-9-3-4-13(7-9)8-11(15)12-6-10-2-1-5-16-10/h9-10,14H,1-8H2,(H,12,15)/t9-,10-/m0/s1. The summed E-state index contributed by atoms with van der Waals surface area (Å²) in [4.78, 5) is 13.6. The fourth-order valence-electron chi connectivity index (χ4n) is 2.25. The van der Waals surface area contributed by atoms with Gasteiger partial charge in [-0.05, 0) is 19.3 Å². The number of carbonyl (C=O) groups is 1. The van der Waals surface area contributed by atoms with Crippen LogP contribution in [0.25, 0.3) is 0 Å². The Bertz CT molecular complexity index is 241. The number of likely N-dealkylation sites (tertiary alicyclic amines) is 1. The Labute approximate surface area is 95.8 Å². The van der Waals surface area contributed by atoms with Crippen LogP contribution in [0, 0.1) is 0 Å². The van der Waals surface area contributed by atoms with Crippen molar-refractivity contribution < 1.29 is 14.6 Å². The van der Waals surface area contributed by atoms with E-state index in [0.717, 1.165) is 32.4 Å². The van der Waals surface area contributed by atoms with Gasteiger partial charge in [-0.3, -0.25) is 9.69 Å². The zero-order valence-electron chi connectivity index (χ0n) is 9.52. The van der Waals surface area contributed by atoms with Crippen LogP contribution < -0.4 is 5.32 Å². The molecular formula is C11H20N2O3. The maximum atomic E-state index is 11.6. The SMILES string of the molecule is O=C(CN1CC[C@H](O)C1)NC[C@@H]1CCCO1. The summed E-state index contributed by atoms with van der Waals surface area (Å²) in [5.41, 5.74) is 0. The van der Waals surface area contributed by atoms with Crippen molar-refractivity contribution in [3.63, 3.8) is 0 Å². The molecule has 2 aliphatic rings. The molecule has 2 saturated heterocycles. The Morgan fingerprint density at radius 3 is 3.00 bits per heavy atom. The van der Waals surface area contributed by atoms with Gasteiger partial charge in [-0.15, -0.1) is 0 Å². The van der Waals surface area contributed by atoms with Crippen molar-refractivity contribution in [1.82, 2.24) is 10.2 Å². The quantitative estimate of drug-likeness (QED) is 0.671. The van der Waals surface area contributed by atoms with Gasteiger partial charge >= 0.3 is 0 Å². The minimum atomic E-state index is -0.258. The lowest BCUT2D eigenvalue weighted by atomic mass is 10.2. The summed E-state index contributed by atoms with van der Waals surface area (Å²) in [6.07, 6.45) is 2.86. The molecule has 2 atom stereocenters. The van der Waals surface area contributed by atoms with Crippen molar-refractivity contribution >= 4 is 5.91 Å². The molecule has 5 nitrogen and oxygen atoms in total. The van der Waals surface area contributed by atoms with Gasteiger partial charge in [0.2, 0.25) is 5.91 Å². The molecule has 0 aromatic rings. The smallest absolute Gasteiger partial charge is 0.234 e. The molecule has 0 saturated carbocycles. The molecule has 0 unspecified atom stereocenters. The first-order valence-electron chi connectivity index (χ1n) is 6.03. The zero-order chi connectivity index (χ0) is 11.4. The first-order valence-corrected chi connectivity index (χ1v) is 6.03. The molecule has 0 aliphatic carbocycles. The Morgan fingerprint density at radius 2 is 2.38 bits per heavy atom. The number of hydrogen-bond acceptors (Lipinski definition) is 4. The Hall–Kier alpha value is -0.650. The lowest BCUT2D eigenvalue weighted by Gasteiger charge is -2.16. The minimum absolute atomic E-state index is 0.0320. The van der Waals surface area contributed by atoms with E-state index in [2.05, 4.69) is 5.32 Å². The fourth-order valence-corrected chi connectivity index (χ4v) is 2.25. The van der Waals surface area contributed by atoms with Gasteiger partial charge in [-0.25, -0.2) is 0 Å². The molecule has 16 heavy (non-hydrogen) atoms. The number of aliphatic hydroxyl groups excluding tert-OH is 1. The normalized spacial score (nSPS) is 30.8. The highest BCUT2D eigenvalue weighted by atomic mass is 16.5. The van der Waals surface area contributed by atoms with E-state index >= 15 is 0 Å². The second kappa shape index (κ2) is 5.61. The highest BCUT2D eigenvalue weighted by Crippen LogP contribution is 2.11. The van der Waals surface area contributed by atoms with Crippen LogP contribution in [0.1, 0.15) is 19.3 Å². The molecular weight excluding hydrogens is 208 g/mol. The van der Waals surface area contributed by atoms with Crippen LogP contribution in [-0.4, -0.2) is 60.9 Å². The first kappa shape index (κ1) is 11.8. The summed E-state index contributed by atoms with van der Waals surface area (Å²) in [7, 11) is 0. The molecule has 2 rings (SSSR count). The van der Waals surface area contributed by atoms with Crippen molar-refractivity contribution in [1.29, 1.82) is 0 Å². The van der Waals surface area contributed by atoms with Crippen LogP contribution in [0.5, 0.6) is 0 Å². The monoisotopic (exact) mass is 228 g/mol. The predicted octanol–water partition coefficient (Wildman–Crippen LogP) is -0.652. The van der Waals surface area contributed by atoms with Crippen LogP contribution in [-0.2, 0) is 9.53 Å². The molecule has 2 aliphatic heterocycles. The number of rotatable bonds is 4. The van der Waals surface area contributed by atoms with Crippen LogP contribution in [0.4, 0.5) is 0 Å². The third kappa shape index (κ3) is 3.43. The third-order valence-corrected chi connectivity index (χ3v) is 3.17. The maximum Gasteiger partial charge on any atom is 0.234 e. The van der Waals surface area contributed by atoms with Gasteiger partial charge in [-0.2, -0.15) is 0 Å². The van der Waals surface area contributed by atoms with Gasteiger partial charge in [0.15, 0.2) is 0 Å². The molecule has 0 radical (unpaired) electrons. The molecule has 0 spiro atoms. The highest BCUT2D eigenvalue weighted by molar-refractivity contribution is 5.78. The topological polar surface area (TPSA) is 61.8 Å². The molecule has 2 heterocycles. The van der Waals surface area contributed by atoms with Crippen LogP contribution in [0.2, 0.25) is 0 Å². The van der Waals surface area contributed by atoms with Crippen molar-refractivity contribution in [2.75, 3.05) is 32.8 Å². The van der Waals surface area contributed by atoms with Crippen molar-refractivity contribution in [3.05, 3.63) is 0 Å². The number of hydrogen-bond donors (Lipinski definition) is 2. The summed E-state index contributed by atoms with van der Waals surface area (Å²) in [5, 5.41) is 12.2. The lowest BCUT2D eigenvalue weighted by Crippen LogP contribution is -2.39. The fraction of sp³-hybridized carbons (Fsp3) is 0.909. The van der Waals surface area contributed by atoms with Crippen molar-refractivity contribution in [3.8, 4) is 0 Å².